The minimum absolute atomic E-state index is 0.149. The Morgan fingerprint density at radius 2 is 1.80 bits per heavy atom. The molecule has 2 fully saturated rings. The molecule has 2 bridgehead atoms. The molecule has 110 valence electrons. The fourth-order valence-electron chi connectivity index (χ4n) is 3.37. The quantitative estimate of drug-likeness (QED) is 0.703. The predicted octanol–water partition coefficient (Wildman–Crippen LogP) is -0.149. The van der Waals surface area contributed by atoms with E-state index in [4.69, 9.17) is 4.74 Å². The molecular weight excluding hydrogens is 260 g/mol. The molecule has 0 spiro atoms. The standard InChI is InChI=1S/C14H20N2O4/c1-16-6-4-8(5-7-16)15-13(17)11-9-2-3-10(20-9)12(11)14(18)19/h2-3,8-12H,4-7H2,1H3,(H,15,17)(H,18,19)/t9-,10+,11-,12+/m1/s1. The van der Waals surface area contributed by atoms with Gasteiger partial charge < -0.3 is 20.1 Å². The van der Waals surface area contributed by atoms with Crippen LogP contribution in [0.2, 0.25) is 0 Å². The first kappa shape index (κ1) is 13.6. The summed E-state index contributed by atoms with van der Waals surface area (Å²) >= 11 is 0. The molecule has 0 aliphatic carbocycles. The van der Waals surface area contributed by atoms with Crippen LogP contribution in [0.1, 0.15) is 12.8 Å². The molecule has 2 saturated heterocycles. The first-order valence-electron chi connectivity index (χ1n) is 7.12. The molecule has 3 aliphatic heterocycles. The van der Waals surface area contributed by atoms with Gasteiger partial charge in [0.2, 0.25) is 5.91 Å². The third-order valence-corrected chi connectivity index (χ3v) is 4.55. The van der Waals surface area contributed by atoms with Crippen molar-refractivity contribution in [1.82, 2.24) is 10.2 Å². The maximum Gasteiger partial charge on any atom is 0.310 e. The minimum Gasteiger partial charge on any atom is -0.481 e. The molecule has 1 amide bonds. The van der Waals surface area contributed by atoms with Gasteiger partial charge in [-0.2, -0.15) is 0 Å². The molecule has 3 rings (SSSR count). The number of aliphatic carboxylic acids is 1. The number of carboxylic acids is 1. The lowest BCUT2D eigenvalue weighted by molar-refractivity contribution is -0.146. The van der Waals surface area contributed by atoms with Crippen LogP contribution in [0, 0.1) is 11.8 Å². The second-order valence-electron chi connectivity index (χ2n) is 5.93. The number of rotatable bonds is 3. The van der Waals surface area contributed by atoms with Crippen molar-refractivity contribution >= 4 is 11.9 Å². The van der Waals surface area contributed by atoms with E-state index in [2.05, 4.69) is 17.3 Å². The van der Waals surface area contributed by atoms with E-state index in [1.54, 1.807) is 6.08 Å². The second kappa shape index (κ2) is 5.18. The van der Waals surface area contributed by atoms with E-state index in [1.165, 1.54) is 0 Å². The van der Waals surface area contributed by atoms with Gasteiger partial charge in [-0.3, -0.25) is 9.59 Å². The number of carbonyl (C=O) groups excluding carboxylic acids is 1. The zero-order valence-electron chi connectivity index (χ0n) is 11.5. The zero-order valence-corrected chi connectivity index (χ0v) is 11.5. The number of nitrogens with one attached hydrogen (secondary N) is 1. The van der Waals surface area contributed by atoms with E-state index in [1.807, 2.05) is 6.08 Å². The van der Waals surface area contributed by atoms with Crippen LogP contribution in [0.25, 0.3) is 0 Å². The van der Waals surface area contributed by atoms with Crippen molar-refractivity contribution in [2.45, 2.75) is 31.1 Å². The van der Waals surface area contributed by atoms with Gasteiger partial charge in [0.1, 0.15) is 5.92 Å². The SMILES string of the molecule is CN1CCC(NC(=O)[C@H]2[C@@H](C(=O)O)[C@@H]3C=C[C@H]2O3)CC1. The van der Waals surface area contributed by atoms with Crippen molar-refractivity contribution < 1.29 is 19.4 Å². The topological polar surface area (TPSA) is 78.9 Å². The van der Waals surface area contributed by atoms with Crippen LogP contribution in [0.3, 0.4) is 0 Å². The van der Waals surface area contributed by atoms with Gasteiger partial charge in [-0.15, -0.1) is 0 Å². The smallest absolute Gasteiger partial charge is 0.310 e. The van der Waals surface area contributed by atoms with Crippen molar-refractivity contribution in [2.75, 3.05) is 20.1 Å². The highest BCUT2D eigenvalue weighted by molar-refractivity contribution is 5.87. The summed E-state index contributed by atoms with van der Waals surface area (Å²) in [5.74, 6) is -2.48. The van der Waals surface area contributed by atoms with Crippen molar-refractivity contribution in [2.24, 2.45) is 11.8 Å². The summed E-state index contributed by atoms with van der Waals surface area (Å²) in [6.45, 7) is 1.92. The molecule has 3 heterocycles. The summed E-state index contributed by atoms with van der Waals surface area (Å²) in [6.07, 6.45) is 4.55. The Balaban J connectivity index is 1.64. The van der Waals surface area contributed by atoms with Crippen molar-refractivity contribution in [3.8, 4) is 0 Å². The van der Waals surface area contributed by atoms with Crippen LogP contribution in [0.5, 0.6) is 0 Å². The molecule has 0 aromatic heterocycles. The highest BCUT2D eigenvalue weighted by Crippen LogP contribution is 2.39. The summed E-state index contributed by atoms with van der Waals surface area (Å²) < 4.78 is 5.53. The van der Waals surface area contributed by atoms with Gasteiger partial charge in [-0.25, -0.2) is 0 Å². The molecule has 2 N–H and O–H groups in total. The van der Waals surface area contributed by atoms with Crippen LogP contribution in [-0.4, -0.2) is 60.3 Å². The highest BCUT2D eigenvalue weighted by Gasteiger charge is 2.53. The average molecular weight is 280 g/mol. The Bertz CT molecular complexity index is 442. The van der Waals surface area contributed by atoms with E-state index in [0.717, 1.165) is 25.9 Å². The number of nitrogens with zero attached hydrogens (tertiary/aromatic N) is 1. The fourth-order valence-corrected chi connectivity index (χ4v) is 3.37. The molecule has 0 radical (unpaired) electrons. The van der Waals surface area contributed by atoms with Crippen molar-refractivity contribution in [1.29, 1.82) is 0 Å². The number of hydrogen-bond acceptors (Lipinski definition) is 4. The lowest BCUT2D eigenvalue weighted by Gasteiger charge is -2.31. The zero-order chi connectivity index (χ0) is 14.3. The van der Waals surface area contributed by atoms with Gasteiger partial charge in [0.05, 0.1) is 18.1 Å². The van der Waals surface area contributed by atoms with Gasteiger partial charge in [0.25, 0.3) is 0 Å². The van der Waals surface area contributed by atoms with Gasteiger partial charge in [0, 0.05) is 6.04 Å². The lowest BCUT2D eigenvalue weighted by Crippen LogP contribution is -2.49. The van der Waals surface area contributed by atoms with Crippen molar-refractivity contribution in [3.63, 3.8) is 0 Å². The van der Waals surface area contributed by atoms with E-state index in [0.29, 0.717) is 0 Å². The van der Waals surface area contributed by atoms with Gasteiger partial charge >= 0.3 is 5.97 Å². The number of fused-ring (bicyclic) bond motifs is 2. The third kappa shape index (κ3) is 2.33. The molecule has 20 heavy (non-hydrogen) atoms. The van der Waals surface area contributed by atoms with Gasteiger partial charge in [-0.1, -0.05) is 12.2 Å². The number of piperidine rings is 1. The van der Waals surface area contributed by atoms with Gasteiger partial charge in [-0.05, 0) is 33.0 Å². The van der Waals surface area contributed by atoms with Crippen LogP contribution in [-0.2, 0) is 14.3 Å². The molecule has 0 saturated carbocycles. The van der Waals surface area contributed by atoms with Gasteiger partial charge in [0.15, 0.2) is 0 Å². The number of likely N-dealkylation sites (tertiary alicyclic amines) is 1. The molecule has 0 aromatic rings. The Morgan fingerprint density at radius 1 is 1.20 bits per heavy atom. The summed E-state index contributed by atoms with van der Waals surface area (Å²) in [6, 6.07) is 0.149. The average Bonchev–Trinajstić information content (AvgIpc) is 3.01. The molecule has 0 aromatic carbocycles. The molecule has 4 atom stereocenters. The summed E-state index contributed by atoms with van der Waals surface area (Å²) in [7, 11) is 2.06. The van der Waals surface area contributed by atoms with Crippen molar-refractivity contribution in [3.05, 3.63) is 12.2 Å². The van der Waals surface area contributed by atoms with Crippen LogP contribution in [0.15, 0.2) is 12.2 Å². The molecule has 6 nitrogen and oxygen atoms in total. The van der Waals surface area contributed by atoms with E-state index >= 15 is 0 Å². The molecule has 0 unspecified atom stereocenters. The van der Waals surface area contributed by atoms with E-state index in [-0.39, 0.29) is 18.1 Å². The first-order chi connectivity index (χ1) is 9.56. The van der Waals surface area contributed by atoms with Crippen LogP contribution in [0.4, 0.5) is 0 Å². The summed E-state index contributed by atoms with van der Waals surface area (Å²) in [5, 5.41) is 12.3. The Kier molecular flexibility index (Phi) is 3.52. The number of carboxylic acid groups (broad SMARTS) is 1. The highest BCUT2D eigenvalue weighted by atomic mass is 16.5. The number of hydrogen-bond donors (Lipinski definition) is 2. The number of amides is 1. The van der Waals surface area contributed by atoms with Crippen LogP contribution >= 0.6 is 0 Å². The normalized spacial score (nSPS) is 37.2. The molecule has 3 aliphatic rings. The largest absolute Gasteiger partial charge is 0.481 e. The monoisotopic (exact) mass is 280 g/mol. The van der Waals surface area contributed by atoms with E-state index < -0.39 is 23.9 Å². The summed E-state index contributed by atoms with van der Waals surface area (Å²) in [5.41, 5.74) is 0. The van der Waals surface area contributed by atoms with E-state index in [9.17, 15) is 14.7 Å². The first-order valence-corrected chi connectivity index (χ1v) is 7.12. The third-order valence-electron chi connectivity index (χ3n) is 4.55. The Hall–Kier alpha value is -1.40. The molecule has 6 heteroatoms. The minimum atomic E-state index is -0.953. The number of ether oxygens (including phenoxy) is 1. The maximum atomic E-state index is 12.4. The number of carbonyl (C=O) groups is 2. The summed E-state index contributed by atoms with van der Waals surface area (Å²) in [4.78, 5) is 26.0. The Labute approximate surface area is 117 Å². The second-order valence-corrected chi connectivity index (χ2v) is 5.93. The predicted molar refractivity (Wildman–Crippen MR) is 71.1 cm³/mol. The lowest BCUT2D eigenvalue weighted by atomic mass is 9.82. The fraction of sp³-hybridized carbons (Fsp3) is 0.714. The molecular formula is C14H20N2O4. The Morgan fingerprint density at radius 3 is 2.40 bits per heavy atom. The van der Waals surface area contributed by atoms with Crippen LogP contribution < -0.4 is 5.32 Å². The maximum absolute atomic E-state index is 12.4.